The van der Waals surface area contributed by atoms with Gasteiger partial charge in [0.2, 0.25) is 0 Å². The number of aryl methyl sites for hydroxylation is 1. The Hall–Kier alpha value is -0.590. The summed E-state index contributed by atoms with van der Waals surface area (Å²) in [6.45, 7) is 5.40. The van der Waals surface area contributed by atoms with E-state index in [0.29, 0.717) is 0 Å². The van der Waals surface area contributed by atoms with E-state index < -0.39 is 0 Å². The normalized spacial score (nSPS) is 14.5. The van der Waals surface area contributed by atoms with Crippen LogP contribution >= 0.6 is 11.8 Å². The lowest BCUT2D eigenvalue weighted by atomic mass is 9.96. The van der Waals surface area contributed by atoms with Crippen LogP contribution in [0, 0.1) is 0 Å². The van der Waals surface area contributed by atoms with Gasteiger partial charge in [-0.3, -0.25) is 0 Å². The van der Waals surface area contributed by atoms with Crippen molar-refractivity contribution < 1.29 is 5.11 Å². The van der Waals surface area contributed by atoms with Crippen molar-refractivity contribution in [2.75, 3.05) is 18.9 Å². The van der Waals surface area contributed by atoms with Crippen molar-refractivity contribution in [2.24, 2.45) is 7.05 Å². The van der Waals surface area contributed by atoms with Gasteiger partial charge >= 0.3 is 0 Å². The van der Waals surface area contributed by atoms with Crippen molar-refractivity contribution in [1.82, 2.24) is 20.1 Å². The molecule has 0 saturated carbocycles. The molecule has 1 heterocycles. The summed E-state index contributed by atoms with van der Waals surface area (Å²) in [5.74, 6) is 1.04. The molecule has 0 aliphatic heterocycles. The summed E-state index contributed by atoms with van der Waals surface area (Å²) >= 11 is 1.74. The van der Waals surface area contributed by atoms with Crippen LogP contribution in [0.15, 0.2) is 11.5 Å². The SMILES string of the molecule is CCCNC(C)(CO)CCCCSc1nncn1C. The zero-order valence-electron chi connectivity index (χ0n) is 12.2. The molecule has 1 atom stereocenters. The predicted octanol–water partition coefficient (Wildman–Crippen LogP) is 1.83. The molecule has 19 heavy (non-hydrogen) atoms. The van der Waals surface area contributed by atoms with Crippen LogP contribution < -0.4 is 5.32 Å². The van der Waals surface area contributed by atoms with Gasteiger partial charge in [-0.1, -0.05) is 25.1 Å². The largest absolute Gasteiger partial charge is 0.394 e. The first kappa shape index (κ1) is 16.5. The number of aromatic nitrogens is 3. The van der Waals surface area contributed by atoms with Gasteiger partial charge < -0.3 is 15.0 Å². The van der Waals surface area contributed by atoms with Crippen LogP contribution in [0.3, 0.4) is 0 Å². The van der Waals surface area contributed by atoms with Crippen molar-refractivity contribution in [3.8, 4) is 0 Å². The monoisotopic (exact) mass is 286 g/mol. The van der Waals surface area contributed by atoms with E-state index in [1.165, 1.54) is 0 Å². The molecule has 0 fully saturated rings. The highest BCUT2D eigenvalue weighted by Crippen LogP contribution is 2.18. The second kappa shape index (κ2) is 8.55. The lowest BCUT2D eigenvalue weighted by Crippen LogP contribution is -2.46. The topological polar surface area (TPSA) is 63.0 Å². The molecule has 2 N–H and O–H groups in total. The second-order valence-electron chi connectivity index (χ2n) is 5.18. The van der Waals surface area contributed by atoms with E-state index in [9.17, 15) is 5.11 Å². The summed E-state index contributed by atoms with van der Waals surface area (Å²) < 4.78 is 1.94. The average molecular weight is 286 g/mol. The van der Waals surface area contributed by atoms with E-state index in [2.05, 4.69) is 29.4 Å². The summed E-state index contributed by atoms with van der Waals surface area (Å²) in [4.78, 5) is 0. The highest BCUT2D eigenvalue weighted by atomic mass is 32.2. The van der Waals surface area contributed by atoms with Gasteiger partial charge in [-0.05, 0) is 32.7 Å². The highest BCUT2D eigenvalue weighted by molar-refractivity contribution is 7.99. The van der Waals surface area contributed by atoms with Crippen LogP contribution in [-0.4, -0.2) is 44.3 Å². The fourth-order valence-electron chi connectivity index (χ4n) is 1.83. The molecule has 0 aromatic carbocycles. The van der Waals surface area contributed by atoms with Crippen LogP contribution in [0.25, 0.3) is 0 Å². The molecule has 0 radical (unpaired) electrons. The molecule has 5 nitrogen and oxygen atoms in total. The van der Waals surface area contributed by atoms with Gasteiger partial charge in [0.25, 0.3) is 0 Å². The summed E-state index contributed by atoms with van der Waals surface area (Å²) in [5, 5.41) is 21.8. The Balaban J connectivity index is 2.17. The fraction of sp³-hybridized carbons (Fsp3) is 0.846. The third-order valence-corrected chi connectivity index (χ3v) is 4.30. The molecule has 0 bridgehead atoms. The third kappa shape index (κ3) is 5.93. The number of aliphatic hydroxyl groups is 1. The number of hydrogen-bond donors (Lipinski definition) is 2. The molecule has 1 rings (SSSR count). The smallest absolute Gasteiger partial charge is 0.190 e. The zero-order chi connectivity index (χ0) is 14.1. The van der Waals surface area contributed by atoms with E-state index in [-0.39, 0.29) is 12.1 Å². The zero-order valence-corrected chi connectivity index (χ0v) is 13.0. The van der Waals surface area contributed by atoms with Gasteiger partial charge in [-0.15, -0.1) is 10.2 Å². The van der Waals surface area contributed by atoms with Gasteiger partial charge in [0.1, 0.15) is 6.33 Å². The molecule has 110 valence electrons. The summed E-state index contributed by atoms with van der Waals surface area (Å²) in [5.41, 5.74) is -0.133. The molecule has 1 unspecified atom stereocenters. The standard InChI is InChI=1S/C13H26N4OS/c1-4-8-14-13(2,10-18)7-5-6-9-19-12-16-15-11-17(12)3/h11,14,18H,4-10H2,1-3H3. The molecule has 6 heteroatoms. The van der Waals surface area contributed by atoms with E-state index in [1.807, 2.05) is 11.6 Å². The number of hydrogen-bond acceptors (Lipinski definition) is 5. The molecule has 1 aromatic rings. The fourth-order valence-corrected chi connectivity index (χ4v) is 2.72. The Morgan fingerprint density at radius 2 is 2.26 bits per heavy atom. The average Bonchev–Trinajstić information content (AvgIpc) is 2.82. The van der Waals surface area contributed by atoms with Crippen LogP contribution in [0.1, 0.15) is 39.5 Å². The Labute approximate surface area is 120 Å². The van der Waals surface area contributed by atoms with Crippen molar-refractivity contribution in [3.63, 3.8) is 0 Å². The Kier molecular flexibility index (Phi) is 7.41. The molecular weight excluding hydrogens is 260 g/mol. The first-order valence-corrected chi connectivity index (χ1v) is 7.92. The lowest BCUT2D eigenvalue weighted by molar-refractivity contribution is 0.163. The van der Waals surface area contributed by atoms with E-state index in [0.717, 1.165) is 43.1 Å². The van der Waals surface area contributed by atoms with Crippen molar-refractivity contribution in [2.45, 2.75) is 50.2 Å². The number of aliphatic hydroxyl groups excluding tert-OH is 1. The van der Waals surface area contributed by atoms with Crippen LogP contribution in [0.2, 0.25) is 0 Å². The Morgan fingerprint density at radius 1 is 1.47 bits per heavy atom. The first-order valence-electron chi connectivity index (χ1n) is 6.94. The van der Waals surface area contributed by atoms with Crippen molar-refractivity contribution in [3.05, 3.63) is 6.33 Å². The molecule has 0 aliphatic rings. The number of nitrogens with zero attached hydrogens (tertiary/aromatic N) is 3. The molecule has 1 aromatic heterocycles. The van der Waals surface area contributed by atoms with Gasteiger partial charge in [0, 0.05) is 18.3 Å². The maximum absolute atomic E-state index is 9.47. The van der Waals surface area contributed by atoms with E-state index >= 15 is 0 Å². The van der Waals surface area contributed by atoms with Crippen LogP contribution in [-0.2, 0) is 7.05 Å². The number of rotatable bonds is 10. The summed E-state index contributed by atoms with van der Waals surface area (Å²) in [7, 11) is 1.96. The minimum atomic E-state index is -0.133. The number of thioether (sulfide) groups is 1. The molecule has 0 amide bonds. The van der Waals surface area contributed by atoms with Gasteiger partial charge in [0.15, 0.2) is 5.16 Å². The highest BCUT2D eigenvalue weighted by Gasteiger charge is 2.21. The third-order valence-electron chi connectivity index (χ3n) is 3.17. The molecule has 0 spiro atoms. The van der Waals surface area contributed by atoms with Crippen LogP contribution in [0.5, 0.6) is 0 Å². The minimum Gasteiger partial charge on any atom is -0.394 e. The maximum Gasteiger partial charge on any atom is 0.190 e. The number of unbranched alkanes of at least 4 members (excludes halogenated alkanes) is 1. The van der Waals surface area contributed by atoms with Gasteiger partial charge in [-0.25, -0.2) is 0 Å². The first-order chi connectivity index (χ1) is 9.11. The number of nitrogens with one attached hydrogen (secondary N) is 1. The Morgan fingerprint density at radius 3 is 2.84 bits per heavy atom. The van der Waals surface area contributed by atoms with Gasteiger partial charge in [-0.2, -0.15) is 0 Å². The van der Waals surface area contributed by atoms with E-state index in [4.69, 9.17) is 0 Å². The van der Waals surface area contributed by atoms with E-state index in [1.54, 1.807) is 18.1 Å². The summed E-state index contributed by atoms with van der Waals surface area (Å²) in [6, 6.07) is 0. The van der Waals surface area contributed by atoms with Crippen molar-refractivity contribution >= 4 is 11.8 Å². The molecule has 0 aliphatic carbocycles. The van der Waals surface area contributed by atoms with Crippen molar-refractivity contribution in [1.29, 1.82) is 0 Å². The molecule has 0 saturated heterocycles. The Bertz CT molecular complexity index is 358. The minimum absolute atomic E-state index is 0.133. The quantitative estimate of drug-likeness (QED) is 0.507. The second-order valence-corrected chi connectivity index (χ2v) is 6.24. The molecular formula is C13H26N4OS. The lowest BCUT2D eigenvalue weighted by Gasteiger charge is -2.28. The van der Waals surface area contributed by atoms with Crippen LogP contribution in [0.4, 0.5) is 0 Å². The predicted molar refractivity (Wildman–Crippen MR) is 79.4 cm³/mol. The maximum atomic E-state index is 9.47. The van der Waals surface area contributed by atoms with Gasteiger partial charge in [0.05, 0.1) is 6.61 Å². The summed E-state index contributed by atoms with van der Waals surface area (Å²) in [6.07, 6.45) is 6.06.